The third-order valence-corrected chi connectivity index (χ3v) is 5.07. The Hall–Kier alpha value is -1.75. The zero-order valence-electron chi connectivity index (χ0n) is 14.6. The van der Waals surface area contributed by atoms with Crippen molar-refractivity contribution in [2.75, 3.05) is 27.3 Å². The summed E-state index contributed by atoms with van der Waals surface area (Å²) in [6.07, 6.45) is 1.66. The van der Waals surface area contributed by atoms with Gasteiger partial charge in [-0.3, -0.25) is 4.90 Å². The summed E-state index contributed by atoms with van der Waals surface area (Å²) in [4.78, 5) is 2.33. The number of halogens is 1. The van der Waals surface area contributed by atoms with Gasteiger partial charge in [0.05, 0.1) is 20.3 Å². The third-order valence-electron chi connectivity index (χ3n) is 4.82. The summed E-state index contributed by atoms with van der Waals surface area (Å²) in [5, 5.41) is 11.3. The number of β-amino-alcohol motifs (C(OH)–C–C–N with tert-alkyl or cyclic N) is 1. The van der Waals surface area contributed by atoms with Crippen LogP contribution in [0.4, 0.5) is 0 Å². The molecule has 1 saturated heterocycles. The summed E-state index contributed by atoms with van der Waals surface area (Å²) in [6.45, 7) is 1.57. The van der Waals surface area contributed by atoms with Gasteiger partial charge in [0.2, 0.25) is 0 Å². The summed E-state index contributed by atoms with van der Waals surface area (Å²) in [5.41, 5.74) is 2.08. The van der Waals surface area contributed by atoms with E-state index < -0.39 is 6.10 Å². The second-order valence-electron chi connectivity index (χ2n) is 6.33. The highest BCUT2D eigenvalue weighted by atomic mass is 35.5. The van der Waals surface area contributed by atoms with Crippen LogP contribution in [-0.4, -0.2) is 37.3 Å². The molecule has 0 aromatic heterocycles. The van der Waals surface area contributed by atoms with Crippen molar-refractivity contribution in [1.29, 1.82) is 0 Å². The monoisotopic (exact) mass is 361 g/mol. The molecule has 1 N–H and O–H groups in total. The van der Waals surface area contributed by atoms with Gasteiger partial charge in [0.15, 0.2) is 11.5 Å². The highest BCUT2D eigenvalue weighted by Crippen LogP contribution is 2.37. The highest BCUT2D eigenvalue weighted by molar-refractivity contribution is 6.30. The lowest BCUT2D eigenvalue weighted by molar-refractivity contribution is 0.106. The van der Waals surface area contributed by atoms with Crippen molar-refractivity contribution in [3.05, 3.63) is 58.6 Å². The predicted molar refractivity (Wildman–Crippen MR) is 99.5 cm³/mol. The summed E-state index contributed by atoms with van der Waals surface area (Å²) < 4.78 is 10.8. The van der Waals surface area contributed by atoms with Crippen LogP contribution in [0.3, 0.4) is 0 Å². The number of aliphatic hydroxyl groups excluding tert-OH is 1. The number of ether oxygens (including phenoxy) is 2. The molecule has 0 unspecified atom stereocenters. The van der Waals surface area contributed by atoms with Gasteiger partial charge >= 0.3 is 0 Å². The van der Waals surface area contributed by atoms with Crippen LogP contribution in [-0.2, 0) is 0 Å². The van der Waals surface area contributed by atoms with Gasteiger partial charge < -0.3 is 14.6 Å². The molecular formula is C20H24ClNO3. The molecule has 134 valence electrons. The molecule has 2 aromatic carbocycles. The molecule has 2 aromatic rings. The largest absolute Gasteiger partial charge is 0.493 e. The van der Waals surface area contributed by atoms with E-state index >= 15 is 0 Å². The van der Waals surface area contributed by atoms with Crippen molar-refractivity contribution < 1.29 is 14.6 Å². The Balaban J connectivity index is 1.75. The molecule has 0 spiro atoms. The van der Waals surface area contributed by atoms with Crippen LogP contribution >= 0.6 is 11.6 Å². The van der Waals surface area contributed by atoms with Gasteiger partial charge in [0.25, 0.3) is 0 Å². The second-order valence-corrected chi connectivity index (χ2v) is 6.77. The Morgan fingerprint density at radius 1 is 1.12 bits per heavy atom. The first-order valence-electron chi connectivity index (χ1n) is 8.52. The third kappa shape index (κ3) is 4.09. The molecule has 0 saturated carbocycles. The van der Waals surface area contributed by atoms with Crippen LogP contribution in [0.25, 0.3) is 0 Å². The fourth-order valence-electron chi connectivity index (χ4n) is 3.49. The molecule has 1 fully saturated rings. The van der Waals surface area contributed by atoms with E-state index in [1.54, 1.807) is 14.2 Å². The predicted octanol–water partition coefficient (Wildman–Crippen LogP) is 4.23. The summed E-state index contributed by atoms with van der Waals surface area (Å²) >= 11 is 5.93. The van der Waals surface area contributed by atoms with E-state index in [-0.39, 0.29) is 6.04 Å². The minimum absolute atomic E-state index is 0.279. The molecule has 5 heteroatoms. The van der Waals surface area contributed by atoms with Crippen molar-refractivity contribution in [1.82, 2.24) is 4.90 Å². The lowest BCUT2D eigenvalue weighted by Crippen LogP contribution is -2.28. The van der Waals surface area contributed by atoms with Gasteiger partial charge in [-0.15, -0.1) is 0 Å². The van der Waals surface area contributed by atoms with Gasteiger partial charge in [0, 0.05) is 17.6 Å². The topological polar surface area (TPSA) is 41.9 Å². The zero-order chi connectivity index (χ0) is 17.8. The normalized spacial score (nSPS) is 19.0. The maximum absolute atomic E-state index is 10.6. The van der Waals surface area contributed by atoms with Crippen LogP contribution in [0, 0.1) is 0 Å². The van der Waals surface area contributed by atoms with Crippen LogP contribution in [0.15, 0.2) is 42.5 Å². The molecule has 1 aliphatic heterocycles. The van der Waals surface area contributed by atoms with Crippen molar-refractivity contribution in [3.8, 4) is 11.5 Å². The summed E-state index contributed by atoms with van der Waals surface area (Å²) in [7, 11) is 3.29. The van der Waals surface area contributed by atoms with Gasteiger partial charge in [-0.05, 0) is 54.8 Å². The molecule has 4 nitrogen and oxygen atoms in total. The summed E-state index contributed by atoms with van der Waals surface area (Å²) in [5.74, 6) is 1.47. The Labute approximate surface area is 153 Å². The minimum Gasteiger partial charge on any atom is -0.493 e. The first-order chi connectivity index (χ1) is 12.1. The molecule has 3 rings (SSSR count). The first-order valence-corrected chi connectivity index (χ1v) is 8.89. The molecule has 1 heterocycles. The molecule has 0 radical (unpaired) electrons. The number of rotatable bonds is 6. The number of hydrogen-bond acceptors (Lipinski definition) is 4. The number of aliphatic hydroxyl groups is 1. The Morgan fingerprint density at radius 2 is 1.84 bits per heavy atom. The average molecular weight is 362 g/mol. The highest BCUT2D eigenvalue weighted by Gasteiger charge is 2.28. The lowest BCUT2D eigenvalue weighted by Gasteiger charge is -2.27. The molecule has 0 amide bonds. The van der Waals surface area contributed by atoms with E-state index in [1.165, 1.54) is 5.56 Å². The number of methoxy groups -OCH3 is 2. The first kappa shape index (κ1) is 18.1. The van der Waals surface area contributed by atoms with Crippen molar-refractivity contribution >= 4 is 11.6 Å². The number of benzene rings is 2. The fourth-order valence-corrected chi connectivity index (χ4v) is 3.62. The Morgan fingerprint density at radius 3 is 2.52 bits per heavy atom. The fraction of sp³-hybridized carbons (Fsp3) is 0.400. The van der Waals surface area contributed by atoms with Crippen LogP contribution in [0.1, 0.15) is 36.1 Å². The summed E-state index contributed by atoms with van der Waals surface area (Å²) in [6, 6.07) is 13.7. The Bertz CT molecular complexity index is 705. The van der Waals surface area contributed by atoms with E-state index in [4.69, 9.17) is 21.1 Å². The SMILES string of the molecule is COc1ccc([C@H]2CCCN2C[C@H](O)c2ccc(Cl)cc2)cc1OC. The molecule has 25 heavy (non-hydrogen) atoms. The van der Waals surface area contributed by atoms with Gasteiger partial charge in [-0.1, -0.05) is 29.8 Å². The number of hydrogen-bond donors (Lipinski definition) is 1. The average Bonchev–Trinajstić information content (AvgIpc) is 3.09. The molecule has 0 bridgehead atoms. The van der Waals surface area contributed by atoms with Crippen LogP contribution in [0.2, 0.25) is 5.02 Å². The molecule has 2 atom stereocenters. The smallest absolute Gasteiger partial charge is 0.161 e. The molecular weight excluding hydrogens is 338 g/mol. The van der Waals surface area contributed by atoms with E-state index in [9.17, 15) is 5.11 Å². The van der Waals surface area contributed by atoms with E-state index in [2.05, 4.69) is 11.0 Å². The van der Waals surface area contributed by atoms with Crippen molar-refractivity contribution in [3.63, 3.8) is 0 Å². The molecule has 1 aliphatic rings. The van der Waals surface area contributed by atoms with Gasteiger partial charge in [0.1, 0.15) is 0 Å². The van der Waals surface area contributed by atoms with E-state index in [0.29, 0.717) is 11.6 Å². The standard InChI is InChI=1S/C20H24ClNO3/c1-24-19-10-7-15(12-20(19)25-2)17-4-3-11-22(17)13-18(23)14-5-8-16(21)9-6-14/h5-10,12,17-18,23H,3-4,11,13H2,1-2H3/t17-,18+/m1/s1. The maximum atomic E-state index is 10.6. The quantitative estimate of drug-likeness (QED) is 0.836. The minimum atomic E-state index is -0.530. The zero-order valence-corrected chi connectivity index (χ0v) is 15.4. The van der Waals surface area contributed by atoms with Crippen molar-refractivity contribution in [2.45, 2.75) is 25.0 Å². The lowest BCUT2D eigenvalue weighted by atomic mass is 10.0. The van der Waals surface area contributed by atoms with Gasteiger partial charge in [-0.2, -0.15) is 0 Å². The Kier molecular flexibility index (Phi) is 5.84. The van der Waals surface area contributed by atoms with E-state index in [1.807, 2.05) is 36.4 Å². The maximum Gasteiger partial charge on any atom is 0.161 e. The van der Waals surface area contributed by atoms with E-state index in [0.717, 1.165) is 36.4 Å². The van der Waals surface area contributed by atoms with Crippen LogP contribution < -0.4 is 9.47 Å². The number of likely N-dealkylation sites (tertiary alicyclic amines) is 1. The second kappa shape index (κ2) is 8.09. The van der Waals surface area contributed by atoms with Crippen LogP contribution in [0.5, 0.6) is 11.5 Å². The van der Waals surface area contributed by atoms with Gasteiger partial charge in [-0.25, -0.2) is 0 Å². The molecule has 0 aliphatic carbocycles. The number of nitrogens with zero attached hydrogens (tertiary/aromatic N) is 1. The van der Waals surface area contributed by atoms with Crippen molar-refractivity contribution in [2.24, 2.45) is 0 Å².